The van der Waals surface area contributed by atoms with Gasteiger partial charge in [-0.05, 0) is 12.3 Å². The molecular weight excluding hydrogens is 290 g/mol. The summed E-state index contributed by atoms with van der Waals surface area (Å²) in [6, 6.07) is 8.32. The van der Waals surface area contributed by atoms with E-state index in [4.69, 9.17) is 4.74 Å². The van der Waals surface area contributed by atoms with Gasteiger partial charge in [0, 0.05) is 37.1 Å². The largest absolute Gasteiger partial charge is 0.383 e. The van der Waals surface area contributed by atoms with Crippen molar-refractivity contribution >= 4 is 23.1 Å². The average molecular weight is 309 g/mol. The van der Waals surface area contributed by atoms with E-state index in [-0.39, 0.29) is 0 Å². The summed E-state index contributed by atoms with van der Waals surface area (Å²) in [5.74, 6) is 0. The van der Waals surface area contributed by atoms with Crippen molar-refractivity contribution in [2.24, 2.45) is 0 Å². The molecule has 0 amide bonds. The molecule has 0 aliphatic carbocycles. The summed E-state index contributed by atoms with van der Waals surface area (Å²) < 4.78 is 4.99. The highest BCUT2D eigenvalue weighted by atomic mass is 32.2. The number of hydrogen-bond acceptors (Lipinski definition) is 6. The fourth-order valence-electron chi connectivity index (χ4n) is 1.78. The van der Waals surface area contributed by atoms with Crippen molar-refractivity contribution < 1.29 is 4.74 Å². The first-order chi connectivity index (χ1) is 9.85. The van der Waals surface area contributed by atoms with E-state index in [1.165, 1.54) is 10.5 Å². The van der Waals surface area contributed by atoms with Gasteiger partial charge in [0.2, 0.25) is 0 Å². The summed E-state index contributed by atoms with van der Waals surface area (Å²) in [6.45, 7) is 2.52. The summed E-state index contributed by atoms with van der Waals surface area (Å²) in [5, 5.41) is 14.0. The zero-order valence-electron chi connectivity index (χ0n) is 11.8. The molecule has 0 atom stereocenters. The van der Waals surface area contributed by atoms with Crippen molar-refractivity contribution in [3.63, 3.8) is 0 Å². The van der Waals surface area contributed by atoms with Gasteiger partial charge in [-0.15, -0.1) is 22.0 Å². The number of methoxy groups -OCH3 is 1. The van der Waals surface area contributed by atoms with Crippen LogP contribution >= 0.6 is 23.1 Å². The Balaban J connectivity index is 1.95. The highest BCUT2D eigenvalue weighted by Crippen LogP contribution is 2.31. The molecule has 2 rings (SSSR count). The molecule has 0 fully saturated rings. The van der Waals surface area contributed by atoms with Crippen LogP contribution in [0.1, 0.15) is 5.01 Å². The van der Waals surface area contributed by atoms with Crippen molar-refractivity contribution in [3.05, 3.63) is 29.3 Å². The molecule has 108 valence electrons. The van der Waals surface area contributed by atoms with Gasteiger partial charge in [-0.25, -0.2) is 0 Å². The number of rotatable bonds is 8. The normalized spacial score (nSPS) is 10.9. The Morgan fingerprint density at radius 3 is 2.90 bits per heavy atom. The number of thioether (sulfide) groups is 1. The molecule has 0 saturated heterocycles. The molecule has 20 heavy (non-hydrogen) atoms. The summed E-state index contributed by atoms with van der Waals surface area (Å²) in [6.07, 6.45) is 2.99. The fourth-order valence-corrected chi connectivity index (χ4v) is 3.32. The second kappa shape index (κ2) is 8.36. The first kappa shape index (κ1) is 15.4. The van der Waals surface area contributed by atoms with Crippen LogP contribution in [-0.4, -0.2) is 43.3 Å². The number of ether oxygens (including phenoxy) is 1. The van der Waals surface area contributed by atoms with E-state index in [1.54, 1.807) is 30.2 Å². The minimum Gasteiger partial charge on any atom is -0.383 e. The lowest BCUT2D eigenvalue weighted by Gasteiger charge is -2.02. The van der Waals surface area contributed by atoms with Crippen LogP contribution in [0.3, 0.4) is 0 Å². The van der Waals surface area contributed by atoms with E-state index in [0.717, 1.165) is 36.1 Å². The minimum atomic E-state index is 0.739. The van der Waals surface area contributed by atoms with Crippen molar-refractivity contribution in [3.8, 4) is 10.6 Å². The molecule has 1 aromatic carbocycles. The predicted octanol–water partition coefficient (Wildman–Crippen LogP) is 2.71. The molecule has 0 aliphatic heterocycles. The highest BCUT2D eigenvalue weighted by Gasteiger charge is 2.09. The van der Waals surface area contributed by atoms with Crippen LogP contribution in [0.2, 0.25) is 0 Å². The van der Waals surface area contributed by atoms with Gasteiger partial charge >= 0.3 is 0 Å². The molecule has 1 N–H and O–H groups in total. The van der Waals surface area contributed by atoms with Crippen molar-refractivity contribution in [1.82, 2.24) is 15.5 Å². The summed E-state index contributed by atoms with van der Waals surface area (Å²) in [5.41, 5.74) is 1.18. The Bertz CT molecular complexity index is 531. The molecule has 1 aromatic heterocycles. The molecule has 0 saturated carbocycles. The molecule has 0 radical (unpaired) electrons. The quantitative estimate of drug-likeness (QED) is 0.600. The molecule has 0 aliphatic rings. The minimum absolute atomic E-state index is 0.739. The Hall–Kier alpha value is -0.950. The third-order valence-corrected chi connectivity index (χ3v) is 4.61. The molecule has 0 spiro atoms. The summed E-state index contributed by atoms with van der Waals surface area (Å²) >= 11 is 3.41. The third-order valence-electron chi connectivity index (χ3n) is 2.80. The average Bonchev–Trinajstić information content (AvgIpc) is 2.95. The van der Waals surface area contributed by atoms with Crippen LogP contribution < -0.4 is 5.32 Å². The van der Waals surface area contributed by atoms with Crippen LogP contribution in [-0.2, 0) is 11.2 Å². The molecule has 4 nitrogen and oxygen atoms in total. The Kier molecular flexibility index (Phi) is 6.46. The van der Waals surface area contributed by atoms with Crippen LogP contribution in [0.5, 0.6) is 0 Å². The zero-order chi connectivity index (χ0) is 14.2. The topological polar surface area (TPSA) is 47.0 Å². The van der Waals surface area contributed by atoms with Crippen molar-refractivity contribution in [2.45, 2.75) is 11.3 Å². The van der Waals surface area contributed by atoms with E-state index in [0.29, 0.717) is 0 Å². The first-order valence-electron chi connectivity index (χ1n) is 6.50. The molecule has 1 heterocycles. The van der Waals surface area contributed by atoms with E-state index >= 15 is 0 Å². The van der Waals surface area contributed by atoms with Crippen LogP contribution in [0, 0.1) is 0 Å². The zero-order valence-corrected chi connectivity index (χ0v) is 13.4. The van der Waals surface area contributed by atoms with Crippen LogP contribution in [0.4, 0.5) is 0 Å². The summed E-state index contributed by atoms with van der Waals surface area (Å²) in [7, 11) is 1.71. The van der Waals surface area contributed by atoms with E-state index in [2.05, 4.69) is 40.0 Å². The standard InChI is InChI=1S/C14H19N3OS2/c1-18-10-9-15-8-7-13-16-17-14(20-13)11-5-3-4-6-12(11)19-2/h3-6,15H,7-10H2,1-2H3. The lowest BCUT2D eigenvalue weighted by atomic mass is 10.2. The maximum Gasteiger partial charge on any atom is 0.148 e. The lowest BCUT2D eigenvalue weighted by molar-refractivity contribution is 0.199. The maximum atomic E-state index is 4.99. The number of hydrogen-bond donors (Lipinski definition) is 1. The monoisotopic (exact) mass is 309 g/mol. The SMILES string of the molecule is COCCNCCc1nnc(-c2ccccc2SC)s1. The summed E-state index contributed by atoms with van der Waals surface area (Å²) in [4.78, 5) is 1.24. The van der Waals surface area contributed by atoms with E-state index in [9.17, 15) is 0 Å². The van der Waals surface area contributed by atoms with Gasteiger partial charge in [-0.3, -0.25) is 0 Å². The Morgan fingerprint density at radius 2 is 2.10 bits per heavy atom. The van der Waals surface area contributed by atoms with Crippen LogP contribution in [0.15, 0.2) is 29.2 Å². The van der Waals surface area contributed by atoms with E-state index < -0.39 is 0 Å². The second-order valence-electron chi connectivity index (χ2n) is 4.19. The maximum absolute atomic E-state index is 4.99. The molecule has 0 bridgehead atoms. The molecule has 6 heteroatoms. The smallest absolute Gasteiger partial charge is 0.148 e. The molecule has 0 unspecified atom stereocenters. The van der Waals surface area contributed by atoms with Crippen LogP contribution in [0.25, 0.3) is 10.6 Å². The number of benzene rings is 1. The number of nitrogens with zero attached hydrogens (tertiary/aromatic N) is 2. The Morgan fingerprint density at radius 1 is 1.25 bits per heavy atom. The van der Waals surface area contributed by atoms with Gasteiger partial charge in [0.1, 0.15) is 10.0 Å². The molecule has 2 aromatic rings. The van der Waals surface area contributed by atoms with Gasteiger partial charge in [0.25, 0.3) is 0 Å². The van der Waals surface area contributed by atoms with Gasteiger partial charge in [0.15, 0.2) is 0 Å². The number of nitrogens with one attached hydrogen (secondary N) is 1. The lowest BCUT2D eigenvalue weighted by Crippen LogP contribution is -2.21. The van der Waals surface area contributed by atoms with Gasteiger partial charge < -0.3 is 10.1 Å². The highest BCUT2D eigenvalue weighted by molar-refractivity contribution is 7.98. The Labute approximate surface area is 128 Å². The van der Waals surface area contributed by atoms with Gasteiger partial charge in [-0.2, -0.15) is 0 Å². The first-order valence-corrected chi connectivity index (χ1v) is 8.54. The third kappa shape index (κ3) is 4.28. The number of aromatic nitrogens is 2. The predicted molar refractivity (Wildman–Crippen MR) is 85.6 cm³/mol. The van der Waals surface area contributed by atoms with E-state index in [1.807, 2.05) is 6.07 Å². The molecular formula is C14H19N3OS2. The fraction of sp³-hybridized carbons (Fsp3) is 0.429. The van der Waals surface area contributed by atoms with Gasteiger partial charge in [0.05, 0.1) is 6.61 Å². The van der Waals surface area contributed by atoms with Gasteiger partial charge in [-0.1, -0.05) is 29.5 Å². The van der Waals surface area contributed by atoms with Crippen molar-refractivity contribution in [2.75, 3.05) is 33.1 Å². The van der Waals surface area contributed by atoms with Crippen molar-refractivity contribution in [1.29, 1.82) is 0 Å². The second-order valence-corrected chi connectivity index (χ2v) is 6.10.